The Morgan fingerprint density at radius 3 is 2.09 bits per heavy atom. The Labute approximate surface area is 192 Å². The van der Waals surface area contributed by atoms with E-state index in [-0.39, 0.29) is 10.6 Å². The van der Waals surface area contributed by atoms with Crippen molar-refractivity contribution in [1.29, 1.82) is 0 Å². The summed E-state index contributed by atoms with van der Waals surface area (Å²) >= 11 is 0. The van der Waals surface area contributed by atoms with Gasteiger partial charge < -0.3 is 5.32 Å². The molecule has 3 rings (SSSR count). The van der Waals surface area contributed by atoms with Gasteiger partial charge in [-0.2, -0.15) is 0 Å². The number of carbonyl (C=O) groups excluding carboxylic acids is 1. The number of sulfonamides is 2. The van der Waals surface area contributed by atoms with E-state index < -0.39 is 38.3 Å². The van der Waals surface area contributed by atoms with Crippen molar-refractivity contribution >= 4 is 43.0 Å². The first-order chi connectivity index (χ1) is 15.4. The lowest BCUT2D eigenvalue weighted by Crippen LogP contribution is -2.37. The molecule has 0 atom stereocenters. The fraction of sp³-hybridized carbons (Fsp3) is 0.136. The summed E-state index contributed by atoms with van der Waals surface area (Å²) in [6.07, 6.45) is 1.01. The number of halogens is 1. The summed E-state index contributed by atoms with van der Waals surface area (Å²) in [7, 11) is -7.64. The van der Waals surface area contributed by atoms with Crippen LogP contribution in [0.4, 0.5) is 21.5 Å². The second-order valence-electron chi connectivity index (χ2n) is 7.29. The first kappa shape index (κ1) is 24.2. The predicted octanol–water partition coefficient (Wildman–Crippen LogP) is 3.34. The third-order valence-electron chi connectivity index (χ3n) is 4.52. The minimum atomic E-state index is -3.92. The zero-order chi connectivity index (χ0) is 24.2. The maximum atomic E-state index is 13.0. The second-order valence-corrected chi connectivity index (χ2v) is 10.9. The van der Waals surface area contributed by atoms with E-state index >= 15 is 0 Å². The van der Waals surface area contributed by atoms with Crippen molar-refractivity contribution in [3.63, 3.8) is 0 Å². The van der Waals surface area contributed by atoms with Gasteiger partial charge in [0.25, 0.3) is 10.0 Å². The molecular weight excluding hydrogens is 469 g/mol. The number of benzene rings is 3. The van der Waals surface area contributed by atoms with Crippen LogP contribution in [0.15, 0.2) is 77.7 Å². The fourth-order valence-corrected chi connectivity index (χ4v) is 4.87. The van der Waals surface area contributed by atoms with Gasteiger partial charge in [-0.1, -0.05) is 12.1 Å². The van der Waals surface area contributed by atoms with Crippen LogP contribution in [0, 0.1) is 12.7 Å². The number of anilines is 3. The molecule has 3 aromatic carbocycles. The molecule has 0 bridgehead atoms. The molecule has 0 aliphatic heterocycles. The molecule has 0 saturated carbocycles. The molecule has 0 aliphatic rings. The highest BCUT2D eigenvalue weighted by Gasteiger charge is 2.21. The number of amides is 1. The molecule has 11 heteroatoms. The topological polar surface area (TPSA) is 113 Å². The Morgan fingerprint density at radius 2 is 1.52 bits per heavy atom. The van der Waals surface area contributed by atoms with Gasteiger partial charge in [0.2, 0.25) is 15.9 Å². The predicted molar refractivity (Wildman–Crippen MR) is 126 cm³/mol. The molecule has 0 fully saturated rings. The average Bonchev–Trinajstić information content (AvgIpc) is 2.73. The summed E-state index contributed by atoms with van der Waals surface area (Å²) in [6, 6.07) is 16.9. The summed E-state index contributed by atoms with van der Waals surface area (Å²) in [5, 5.41) is 2.56. The number of nitrogens with one attached hydrogen (secondary N) is 2. The Hall–Kier alpha value is -3.44. The highest BCUT2D eigenvalue weighted by atomic mass is 32.2. The van der Waals surface area contributed by atoms with Crippen molar-refractivity contribution in [2.24, 2.45) is 0 Å². The van der Waals surface area contributed by atoms with Crippen LogP contribution < -0.4 is 14.3 Å². The number of carbonyl (C=O) groups is 1. The summed E-state index contributed by atoms with van der Waals surface area (Å²) in [4.78, 5) is 12.4. The molecule has 0 heterocycles. The van der Waals surface area contributed by atoms with E-state index in [4.69, 9.17) is 0 Å². The highest BCUT2D eigenvalue weighted by molar-refractivity contribution is 7.92. The lowest BCUT2D eigenvalue weighted by molar-refractivity contribution is -0.114. The normalized spacial score (nSPS) is 11.6. The number of nitrogens with zero attached hydrogens (tertiary/aromatic N) is 1. The molecule has 0 saturated heterocycles. The first-order valence-corrected chi connectivity index (χ1v) is 13.0. The second kappa shape index (κ2) is 9.59. The van der Waals surface area contributed by atoms with Crippen molar-refractivity contribution in [1.82, 2.24) is 0 Å². The maximum Gasteiger partial charge on any atom is 0.261 e. The first-order valence-electron chi connectivity index (χ1n) is 9.67. The molecule has 1 amide bonds. The third kappa shape index (κ3) is 6.53. The molecular formula is C22H22FN3O5S2. The van der Waals surface area contributed by atoms with Crippen LogP contribution in [-0.2, 0) is 24.8 Å². The lowest BCUT2D eigenvalue weighted by Gasteiger charge is -2.22. The molecule has 0 unspecified atom stereocenters. The van der Waals surface area contributed by atoms with E-state index in [9.17, 15) is 26.0 Å². The van der Waals surface area contributed by atoms with Gasteiger partial charge in [-0.05, 0) is 73.2 Å². The number of rotatable bonds is 8. The molecule has 0 spiro atoms. The standard InChI is InChI=1S/C22H22FN3O5S2/c1-16-4-3-5-20(14-16)26(32(2,28)29)15-22(27)24-18-10-12-21(13-11-18)33(30,31)25-19-8-6-17(23)7-9-19/h3-14,25H,15H2,1-2H3,(H,24,27). The van der Waals surface area contributed by atoms with E-state index in [0.29, 0.717) is 11.4 Å². The number of hydrogen-bond acceptors (Lipinski definition) is 5. The summed E-state index contributed by atoms with van der Waals surface area (Å²) in [5.74, 6) is -1.09. The molecule has 0 radical (unpaired) electrons. The molecule has 2 N–H and O–H groups in total. The SMILES string of the molecule is Cc1cccc(N(CC(=O)Nc2ccc(S(=O)(=O)Nc3ccc(F)cc3)cc2)S(C)(=O)=O)c1. The molecule has 174 valence electrons. The smallest absolute Gasteiger partial charge is 0.261 e. The van der Waals surface area contributed by atoms with Gasteiger partial charge in [-0.15, -0.1) is 0 Å². The lowest BCUT2D eigenvalue weighted by atomic mass is 10.2. The largest absolute Gasteiger partial charge is 0.325 e. The van der Waals surface area contributed by atoms with Crippen molar-refractivity contribution in [3.8, 4) is 0 Å². The van der Waals surface area contributed by atoms with Gasteiger partial charge in [0.1, 0.15) is 12.4 Å². The third-order valence-corrected chi connectivity index (χ3v) is 7.06. The van der Waals surface area contributed by atoms with E-state index in [1.807, 2.05) is 13.0 Å². The van der Waals surface area contributed by atoms with E-state index in [2.05, 4.69) is 10.0 Å². The quantitative estimate of drug-likeness (QED) is 0.502. The zero-order valence-corrected chi connectivity index (χ0v) is 19.5. The summed E-state index contributed by atoms with van der Waals surface area (Å²) < 4.78 is 65.7. The average molecular weight is 492 g/mol. The Kier molecular flexibility index (Phi) is 7.04. The Bertz CT molecular complexity index is 1360. The van der Waals surface area contributed by atoms with Crippen LogP contribution in [-0.4, -0.2) is 35.5 Å². The van der Waals surface area contributed by atoms with Gasteiger partial charge >= 0.3 is 0 Å². The van der Waals surface area contributed by atoms with E-state index in [1.165, 1.54) is 36.4 Å². The number of hydrogen-bond donors (Lipinski definition) is 2. The van der Waals surface area contributed by atoms with Gasteiger partial charge in [0.15, 0.2) is 0 Å². The van der Waals surface area contributed by atoms with Gasteiger partial charge in [0.05, 0.1) is 16.8 Å². The minimum absolute atomic E-state index is 0.0673. The van der Waals surface area contributed by atoms with Crippen molar-refractivity contribution in [2.45, 2.75) is 11.8 Å². The van der Waals surface area contributed by atoms with E-state index in [0.717, 1.165) is 28.3 Å². The van der Waals surface area contributed by atoms with Crippen LogP contribution in [0.25, 0.3) is 0 Å². The van der Waals surface area contributed by atoms with Crippen LogP contribution >= 0.6 is 0 Å². The molecule has 3 aromatic rings. The van der Waals surface area contributed by atoms with Gasteiger partial charge in [0, 0.05) is 11.4 Å². The summed E-state index contributed by atoms with van der Waals surface area (Å²) in [6.45, 7) is 1.36. The van der Waals surface area contributed by atoms with Crippen molar-refractivity contribution < 1.29 is 26.0 Å². The van der Waals surface area contributed by atoms with E-state index in [1.54, 1.807) is 18.2 Å². The highest BCUT2D eigenvalue weighted by Crippen LogP contribution is 2.21. The minimum Gasteiger partial charge on any atom is -0.325 e. The van der Waals surface area contributed by atoms with Gasteiger partial charge in [-0.3, -0.25) is 13.8 Å². The van der Waals surface area contributed by atoms with Crippen molar-refractivity contribution in [3.05, 3.63) is 84.2 Å². The Morgan fingerprint density at radius 1 is 0.909 bits per heavy atom. The summed E-state index contributed by atoms with van der Waals surface area (Å²) in [5.41, 5.74) is 1.69. The maximum absolute atomic E-state index is 13.0. The monoisotopic (exact) mass is 491 g/mol. The van der Waals surface area contributed by atoms with Crippen LogP contribution in [0.1, 0.15) is 5.56 Å². The van der Waals surface area contributed by atoms with Gasteiger partial charge in [-0.25, -0.2) is 21.2 Å². The Balaban J connectivity index is 1.70. The fourth-order valence-electron chi connectivity index (χ4n) is 2.96. The zero-order valence-electron chi connectivity index (χ0n) is 17.8. The molecule has 8 nitrogen and oxygen atoms in total. The van der Waals surface area contributed by atoms with Crippen LogP contribution in [0.5, 0.6) is 0 Å². The molecule has 0 aliphatic carbocycles. The molecule has 0 aromatic heterocycles. The number of aryl methyl sites for hydroxylation is 1. The van der Waals surface area contributed by atoms with Crippen LogP contribution in [0.2, 0.25) is 0 Å². The van der Waals surface area contributed by atoms with Crippen LogP contribution in [0.3, 0.4) is 0 Å². The molecule has 33 heavy (non-hydrogen) atoms. The van der Waals surface area contributed by atoms with Crippen molar-refractivity contribution in [2.75, 3.05) is 27.1 Å².